The van der Waals surface area contributed by atoms with Crippen LogP contribution in [0.15, 0.2) is 24.3 Å². The molecule has 0 radical (unpaired) electrons. The number of aromatic nitrogens is 2. The molecule has 0 bridgehead atoms. The summed E-state index contributed by atoms with van der Waals surface area (Å²) in [6.07, 6.45) is 3.70. The maximum atomic E-state index is 9.70. The van der Waals surface area contributed by atoms with Gasteiger partial charge in [0.05, 0.1) is 0 Å². The minimum absolute atomic E-state index is 0.0151. The average Bonchev–Trinajstić information content (AvgIpc) is 2.41. The Bertz CT molecular complexity index is 535. The molecule has 0 aliphatic carbocycles. The summed E-state index contributed by atoms with van der Waals surface area (Å²) in [6, 6.07) is 7.75. The third-order valence-electron chi connectivity index (χ3n) is 3.30. The maximum Gasteiger partial charge on any atom is 0.239 e. The molecule has 0 atom stereocenters. The number of hydrogen-bond donors (Lipinski definition) is 1. The van der Waals surface area contributed by atoms with E-state index in [9.17, 15) is 5.11 Å². The van der Waals surface area contributed by atoms with Crippen molar-refractivity contribution in [1.29, 1.82) is 0 Å². The Morgan fingerprint density at radius 2 is 1.65 bits per heavy atom. The minimum Gasteiger partial charge on any atom is -0.492 e. The molecule has 1 aliphatic rings. The van der Waals surface area contributed by atoms with E-state index >= 15 is 0 Å². The first-order valence-electron chi connectivity index (χ1n) is 6.05. The minimum atomic E-state index is 0.0151. The zero-order chi connectivity index (χ0) is 11.7. The van der Waals surface area contributed by atoms with Crippen molar-refractivity contribution in [3.63, 3.8) is 0 Å². The first-order valence-corrected chi connectivity index (χ1v) is 6.05. The van der Waals surface area contributed by atoms with Gasteiger partial charge in [-0.25, -0.2) is 0 Å². The quantitative estimate of drug-likeness (QED) is 0.815. The second-order valence-electron chi connectivity index (χ2n) is 4.44. The van der Waals surface area contributed by atoms with E-state index in [1.807, 2.05) is 24.3 Å². The van der Waals surface area contributed by atoms with Gasteiger partial charge in [-0.2, -0.15) is 0 Å². The molecule has 0 amide bonds. The Labute approximate surface area is 99.9 Å². The predicted octanol–water partition coefficient (Wildman–Crippen LogP) is 2.33. The zero-order valence-corrected chi connectivity index (χ0v) is 9.63. The lowest BCUT2D eigenvalue weighted by Crippen LogP contribution is -2.30. The Morgan fingerprint density at radius 3 is 2.41 bits per heavy atom. The zero-order valence-electron chi connectivity index (χ0n) is 9.63. The lowest BCUT2D eigenvalue weighted by Gasteiger charge is -2.28. The fourth-order valence-electron chi connectivity index (χ4n) is 2.41. The van der Waals surface area contributed by atoms with E-state index in [-0.39, 0.29) is 5.88 Å². The van der Waals surface area contributed by atoms with Crippen LogP contribution in [0, 0.1) is 0 Å². The molecule has 2 heterocycles. The topological polar surface area (TPSA) is 49.3 Å². The highest BCUT2D eigenvalue weighted by atomic mass is 16.3. The first-order chi connectivity index (χ1) is 8.36. The van der Waals surface area contributed by atoms with Crippen molar-refractivity contribution >= 4 is 16.6 Å². The van der Waals surface area contributed by atoms with Crippen LogP contribution in [0.2, 0.25) is 0 Å². The Morgan fingerprint density at radius 1 is 0.941 bits per heavy atom. The summed E-state index contributed by atoms with van der Waals surface area (Å²) in [5.41, 5.74) is 0. The van der Waals surface area contributed by atoms with Crippen LogP contribution in [0.5, 0.6) is 5.88 Å². The summed E-state index contributed by atoms with van der Waals surface area (Å²) in [5.74, 6) is 0.916. The van der Waals surface area contributed by atoms with Gasteiger partial charge < -0.3 is 10.0 Å². The molecule has 0 unspecified atom stereocenters. The van der Waals surface area contributed by atoms with Crippen LogP contribution < -0.4 is 4.90 Å². The summed E-state index contributed by atoms with van der Waals surface area (Å²) in [6.45, 7) is 2.06. The number of rotatable bonds is 1. The van der Waals surface area contributed by atoms with Gasteiger partial charge in [0, 0.05) is 23.9 Å². The molecule has 17 heavy (non-hydrogen) atoms. The number of anilines is 1. The molecule has 1 aromatic heterocycles. The van der Waals surface area contributed by atoms with Crippen LogP contribution in [0.3, 0.4) is 0 Å². The van der Waals surface area contributed by atoms with Crippen LogP contribution in [-0.2, 0) is 0 Å². The molecule has 0 spiro atoms. The largest absolute Gasteiger partial charge is 0.492 e. The third kappa shape index (κ3) is 1.79. The van der Waals surface area contributed by atoms with E-state index in [0.717, 1.165) is 29.7 Å². The van der Waals surface area contributed by atoms with Gasteiger partial charge >= 0.3 is 0 Å². The smallest absolute Gasteiger partial charge is 0.239 e. The highest BCUT2D eigenvalue weighted by Gasteiger charge is 2.16. The number of hydrogen-bond acceptors (Lipinski definition) is 4. The number of nitrogens with zero attached hydrogens (tertiary/aromatic N) is 3. The van der Waals surface area contributed by atoms with Gasteiger partial charge in [0.1, 0.15) is 0 Å². The van der Waals surface area contributed by atoms with E-state index < -0.39 is 0 Å². The van der Waals surface area contributed by atoms with Crippen molar-refractivity contribution in [2.75, 3.05) is 18.0 Å². The van der Waals surface area contributed by atoms with Gasteiger partial charge in [0.25, 0.3) is 0 Å². The fourth-order valence-corrected chi connectivity index (χ4v) is 2.41. The molecule has 3 rings (SSSR count). The second kappa shape index (κ2) is 4.20. The van der Waals surface area contributed by atoms with Crippen LogP contribution in [0.1, 0.15) is 19.3 Å². The molecule has 2 aromatic rings. The molecular formula is C13H15N3O. The van der Waals surface area contributed by atoms with Crippen molar-refractivity contribution < 1.29 is 5.11 Å². The van der Waals surface area contributed by atoms with Crippen molar-refractivity contribution in [2.24, 2.45) is 0 Å². The molecule has 0 saturated carbocycles. The van der Waals surface area contributed by atoms with Gasteiger partial charge in [-0.3, -0.25) is 0 Å². The second-order valence-corrected chi connectivity index (χ2v) is 4.44. The van der Waals surface area contributed by atoms with Crippen molar-refractivity contribution in [3.05, 3.63) is 24.3 Å². The lowest BCUT2D eigenvalue weighted by atomic mass is 10.1. The van der Waals surface area contributed by atoms with Crippen LogP contribution in [0.4, 0.5) is 5.82 Å². The van der Waals surface area contributed by atoms with Crippen LogP contribution in [-0.4, -0.2) is 28.4 Å². The molecule has 88 valence electrons. The number of fused-ring (bicyclic) bond motifs is 1. The number of benzene rings is 1. The van der Waals surface area contributed by atoms with Gasteiger partial charge in [-0.1, -0.05) is 18.2 Å². The average molecular weight is 229 g/mol. The van der Waals surface area contributed by atoms with E-state index in [1.54, 1.807) is 0 Å². The molecule has 1 saturated heterocycles. The van der Waals surface area contributed by atoms with Crippen LogP contribution >= 0.6 is 0 Å². The molecule has 1 aromatic carbocycles. The molecule has 1 N–H and O–H groups in total. The van der Waals surface area contributed by atoms with Gasteiger partial charge in [-0.15, -0.1) is 10.2 Å². The molecular weight excluding hydrogens is 214 g/mol. The molecule has 4 nitrogen and oxygen atoms in total. The SMILES string of the molecule is Oc1nnc(N2CCCCC2)c2ccccc12. The third-order valence-corrected chi connectivity index (χ3v) is 3.30. The summed E-state index contributed by atoms with van der Waals surface area (Å²) < 4.78 is 0. The van der Waals surface area contributed by atoms with E-state index in [0.29, 0.717) is 0 Å². The van der Waals surface area contributed by atoms with Gasteiger partial charge in [-0.05, 0) is 25.3 Å². The Kier molecular flexibility index (Phi) is 2.55. The number of piperidine rings is 1. The van der Waals surface area contributed by atoms with E-state index in [4.69, 9.17) is 0 Å². The first kappa shape index (κ1) is 10.3. The fraction of sp³-hybridized carbons (Fsp3) is 0.385. The Balaban J connectivity index is 2.12. The molecule has 4 heteroatoms. The highest BCUT2D eigenvalue weighted by molar-refractivity contribution is 5.94. The summed E-state index contributed by atoms with van der Waals surface area (Å²) in [5, 5.41) is 19.5. The van der Waals surface area contributed by atoms with E-state index in [1.165, 1.54) is 19.3 Å². The van der Waals surface area contributed by atoms with Crippen molar-refractivity contribution in [3.8, 4) is 5.88 Å². The maximum absolute atomic E-state index is 9.70. The number of aromatic hydroxyl groups is 1. The van der Waals surface area contributed by atoms with Crippen molar-refractivity contribution in [1.82, 2.24) is 10.2 Å². The summed E-state index contributed by atoms with van der Waals surface area (Å²) >= 11 is 0. The van der Waals surface area contributed by atoms with Crippen LogP contribution in [0.25, 0.3) is 10.8 Å². The molecule has 1 fully saturated rings. The standard InChI is InChI=1S/C13H15N3O/c17-13-11-7-3-2-6-10(11)12(14-15-13)16-8-4-1-5-9-16/h2-3,6-7H,1,4-5,8-9H2,(H,15,17). The monoisotopic (exact) mass is 229 g/mol. The van der Waals surface area contributed by atoms with E-state index in [2.05, 4.69) is 15.1 Å². The summed E-state index contributed by atoms with van der Waals surface area (Å²) in [7, 11) is 0. The van der Waals surface area contributed by atoms with Gasteiger partial charge in [0.2, 0.25) is 5.88 Å². The highest BCUT2D eigenvalue weighted by Crippen LogP contribution is 2.30. The lowest BCUT2D eigenvalue weighted by molar-refractivity contribution is 0.451. The predicted molar refractivity (Wildman–Crippen MR) is 67.3 cm³/mol. The normalized spacial score (nSPS) is 16.4. The molecule has 1 aliphatic heterocycles. The van der Waals surface area contributed by atoms with Gasteiger partial charge in [0.15, 0.2) is 5.82 Å². The Hall–Kier alpha value is -1.84. The summed E-state index contributed by atoms with van der Waals surface area (Å²) in [4.78, 5) is 2.26. The van der Waals surface area contributed by atoms with Crippen molar-refractivity contribution in [2.45, 2.75) is 19.3 Å².